The second kappa shape index (κ2) is 6.05. The molecular weight excluding hydrogens is 316 g/mol. The topological polar surface area (TPSA) is 56.9 Å². The van der Waals surface area contributed by atoms with Crippen LogP contribution in [0.25, 0.3) is 10.9 Å². The Bertz CT molecular complexity index is 744. The van der Waals surface area contributed by atoms with Gasteiger partial charge in [0.05, 0.1) is 19.8 Å². The first-order chi connectivity index (χ1) is 10.8. The molecule has 0 bridgehead atoms. The third-order valence-electron chi connectivity index (χ3n) is 4.38. The molecule has 4 nitrogen and oxygen atoms in total. The highest BCUT2D eigenvalue weighted by atomic mass is 28.3. The molecule has 0 aliphatic carbocycles. The van der Waals surface area contributed by atoms with Gasteiger partial charge in [0.15, 0.2) is 0 Å². The summed E-state index contributed by atoms with van der Waals surface area (Å²) in [6.45, 7) is 4.67. The average molecular weight is 337 g/mol. The molecule has 3 N–H and O–H groups in total. The van der Waals surface area contributed by atoms with E-state index in [1.807, 2.05) is 0 Å². The highest BCUT2D eigenvalue weighted by Crippen LogP contribution is 2.21. The maximum Gasteiger partial charge on any atom is 0.268 e. The fourth-order valence-electron chi connectivity index (χ4n) is 3.02. The van der Waals surface area contributed by atoms with E-state index < -0.39 is 19.7 Å². The Hall–Kier alpha value is -1.73. The number of halogens is 2. The Kier molecular flexibility index (Phi) is 4.24. The van der Waals surface area contributed by atoms with Crippen molar-refractivity contribution in [1.29, 1.82) is 0 Å². The molecule has 2 aromatic rings. The first-order valence-electron chi connectivity index (χ1n) is 7.86. The molecule has 7 heteroatoms. The van der Waals surface area contributed by atoms with Crippen LogP contribution >= 0.6 is 0 Å². The van der Waals surface area contributed by atoms with Crippen LogP contribution in [0.3, 0.4) is 0 Å². The predicted octanol–water partition coefficient (Wildman–Crippen LogP) is 3.13. The molecule has 1 atom stereocenters. The summed E-state index contributed by atoms with van der Waals surface area (Å²) in [5, 5.41) is 6.56. The van der Waals surface area contributed by atoms with Gasteiger partial charge in [-0.1, -0.05) is 25.6 Å². The minimum Gasteiger partial charge on any atom is -0.350 e. The Morgan fingerprint density at radius 2 is 2.09 bits per heavy atom. The maximum atomic E-state index is 13.7. The van der Waals surface area contributed by atoms with E-state index >= 15 is 0 Å². The molecule has 1 fully saturated rings. The minimum absolute atomic E-state index is 0.0789. The summed E-state index contributed by atoms with van der Waals surface area (Å²) in [4.78, 5) is 15.2. The van der Waals surface area contributed by atoms with E-state index in [0.717, 1.165) is 25.1 Å². The third kappa shape index (κ3) is 3.61. The zero-order valence-electron chi connectivity index (χ0n) is 13.3. The van der Waals surface area contributed by atoms with E-state index in [9.17, 15) is 13.6 Å². The van der Waals surface area contributed by atoms with E-state index in [2.05, 4.69) is 28.7 Å². The number of amides is 1. The Labute approximate surface area is 134 Å². The minimum atomic E-state index is -1.21. The number of hydrogen-bond acceptors (Lipinski definition) is 2. The molecule has 1 saturated heterocycles. The summed E-state index contributed by atoms with van der Waals surface area (Å²) in [5.41, 5.74) is 0.530. The maximum absolute atomic E-state index is 13.7. The van der Waals surface area contributed by atoms with Gasteiger partial charge >= 0.3 is 0 Å². The lowest BCUT2D eigenvalue weighted by molar-refractivity contribution is 0.0924. The van der Waals surface area contributed by atoms with Gasteiger partial charge in [-0.3, -0.25) is 4.79 Å². The molecular formula is C16H21F2N3OSi. The lowest BCUT2D eigenvalue weighted by Gasteiger charge is -2.21. The van der Waals surface area contributed by atoms with Gasteiger partial charge in [0.25, 0.3) is 5.91 Å². The van der Waals surface area contributed by atoms with Crippen molar-refractivity contribution in [3.63, 3.8) is 0 Å². The monoisotopic (exact) mass is 337 g/mol. The van der Waals surface area contributed by atoms with Crippen molar-refractivity contribution in [3.05, 3.63) is 35.5 Å². The molecule has 0 radical (unpaired) electrons. The van der Waals surface area contributed by atoms with Gasteiger partial charge in [0.2, 0.25) is 0 Å². The lowest BCUT2D eigenvalue weighted by Crippen LogP contribution is -2.49. The van der Waals surface area contributed by atoms with Crippen molar-refractivity contribution in [1.82, 2.24) is 15.6 Å². The van der Waals surface area contributed by atoms with Gasteiger partial charge < -0.3 is 15.6 Å². The van der Waals surface area contributed by atoms with E-state index in [4.69, 9.17) is 0 Å². The number of carbonyl (C=O) groups is 1. The number of hydrogen-bond donors (Lipinski definition) is 3. The SMILES string of the molecule is C[Si]1(C)CCCC(NC(=O)c2cc3c(F)cc(F)cc3[nH]2)NC1. The van der Waals surface area contributed by atoms with Crippen LogP contribution in [-0.4, -0.2) is 31.3 Å². The highest BCUT2D eigenvalue weighted by Gasteiger charge is 2.26. The summed E-state index contributed by atoms with van der Waals surface area (Å²) in [6.07, 6.45) is 2.85. The number of aromatic nitrogens is 1. The molecule has 1 aliphatic rings. The Morgan fingerprint density at radius 1 is 1.30 bits per heavy atom. The van der Waals surface area contributed by atoms with E-state index in [1.165, 1.54) is 18.2 Å². The van der Waals surface area contributed by atoms with Crippen LogP contribution < -0.4 is 10.6 Å². The van der Waals surface area contributed by atoms with Crippen molar-refractivity contribution in [2.75, 3.05) is 6.17 Å². The largest absolute Gasteiger partial charge is 0.350 e. The van der Waals surface area contributed by atoms with Crippen molar-refractivity contribution in [3.8, 4) is 0 Å². The van der Waals surface area contributed by atoms with Gasteiger partial charge in [0.1, 0.15) is 17.3 Å². The number of nitrogens with one attached hydrogen (secondary N) is 3. The molecule has 1 aliphatic heterocycles. The second-order valence-corrected chi connectivity index (χ2v) is 12.2. The number of H-pyrrole nitrogens is 1. The Morgan fingerprint density at radius 3 is 2.87 bits per heavy atom. The first kappa shape index (κ1) is 16.1. The first-order valence-corrected chi connectivity index (χ1v) is 11.3. The predicted molar refractivity (Wildman–Crippen MR) is 89.0 cm³/mol. The lowest BCUT2D eigenvalue weighted by atomic mass is 10.2. The summed E-state index contributed by atoms with van der Waals surface area (Å²) >= 11 is 0. The number of carbonyl (C=O) groups excluding carboxylic acids is 1. The standard InChI is InChI=1S/C16H21F2N3OSi/c1-23(2)5-3-4-15(19-9-23)21-16(22)14-8-11-12(18)6-10(17)7-13(11)20-14/h6-8,15,19-20H,3-5,9H2,1-2H3,(H,21,22). The van der Waals surface area contributed by atoms with E-state index in [-0.39, 0.29) is 28.7 Å². The molecule has 1 amide bonds. The molecule has 23 heavy (non-hydrogen) atoms. The van der Waals surface area contributed by atoms with Crippen molar-refractivity contribution in [2.45, 2.75) is 38.1 Å². The molecule has 2 heterocycles. The second-order valence-electron chi connectivity index (χ2n) is 7.00. The molecule has 0 saturated carbocycles. The van der Waals surface area contributed by atoms with Crippen LogP contribution in [0.1, 0.15) is 23.3 Å². The zero-order chi connectivity index (χ0) is 16.6. The van der Waals surface area contributed by atoms with Gasteiger partial charge in [-0.05, 0) is 24.7 Å². The average Bonchev–Trinajstić information content (AvgIpc) is 2.81. The summed E-state index contributed by atoms with van der Waals surface area (Å²) in [6, 6.07) is 4.67. The van der Waals surface area contributed by atoms with Crippen LogP contribution in [0, 0.1) is 11.6 Å². The fourth-order valence-corrected chi connectivity index (χ4v) is 5.15. The van der Waals surface area contributed by atoms with Gasteiger partial charge in [-0.15, -0.1) is 0 Å². The van der Waals surface area contributed by atoms with Crippen molar-refractivity contribution in [2.24, 2.45) is 0 Å². The fraction of sp³-hybridized carbons (Fsp3) is 0.438. The van der Waals surface area contributed by atoms with Crippen LogP contribution in [0.5, 0.6) is 0 Å². The van der Waals surface area contributed by atoms with E-state index in [0.29, 0.717) is 0 Å². The van der Waals surface area contributed by atoms with Crippen molar-refractivity contribution >= 4 is 24.9 Å². The number of rotatable bonds is 2. The van der Waals surface area contributed by atoms with Crippen molar-refractivity contribution < 1.29 is 13.6 Å². The summed E-state index contributed by atoms with van der Waals surface area (Å²) in [7, 11) is -1.21. The molecule has 1 aromatic carbocycles. The summed E-state index contributed by atoms with van der Waals surface area (Å²) < 4.78 is 27.0. The van der Waals surface area contributed by atoms with Crippen LogP contribution in [0.2, 0.25) is 19.1 Å². The summed E-state index contributed by atoms with van der Waals surface area (Å²) in [5.74, 6) is -1.64. The number of aromatic amines is 1. The van der Waals surface area contributed by atoms with E-state index in [1.54, 1.807) is 0 Å². The molecule has 1 aromatic heterocycles. The quantitative estimate of drug-likeness (QED) is 0.738. The van der Waals surface area contributed by atoms with Crippen LogP contribution in [0.15, 0.2) is 18.2 Å². The number of fused-ring (bicyclic) bond motifs is 1. The zero-order valence-corrected chi connectivity index (χ0v) is 14.3. The Balaban J connectivity index is 1.74. The molecule has 0 spiro atoms. The molecule has 124 valence electrons. The normalized spacial score (nSPS) is 21.1. The van der Waals surface area contributed by atoms with Gasteiger partial charge in [-0.25, -0.2) is 8.78 Å². The smallest absolute Gasteiger partial charge is 0.268 e. The van der Waals surface area contributed by atoms with Crippen LogP contribution in [-0.2, 0) is 0 Å². The van der Waals surface area contributed by atoms with Gasteiger partial charge in [-0.2, -0.15) is 0 Å². The van der Waals surface area contributed by atoms with Crippen LogP contribution in [0.4, 0.5) is 8.78 Å². The third-order valence-corrected chi connectivity index (χ3v) is 7.24. The molecule has 3 rings (SSSR count). The highest BCUT2D eigenvalue weighted by molar-refractivity contribution is 6.77. The van der Waals surface area contributed by atoms with Gasteiger partial charge in [0, 0.05) is 11.5 Å². The number of benzene rings is 1. The molecule has 1 unspecified atom stereocenters.